The predicted molar refractivity (Wildman–Crippen MR) is 78.0 cm³/mol. The highest BCUT2D eigenvalue weighted by Crippen LogP contribution is 2.23. The number of benzene rings is 1. The second-order valence-corrected chi connectivity index (χ2v) is 7.38. The molecule has 0 saturated carbocycles. The molecule has 2 rings (SSSR count). The number of nitrogens with two attached hydrogens (primary N) is 1. The SMILES string of the molecule is NC(=S)c1ccc(NC2CCS(=O)(=O)C2)cc1Cl. The molecule has 0 aliphatic carbocycles. The average Bonchev–Trinajstić information content (AvgIpc) is 2.57. The third kappa shape index (κ3) is 3.13. The number of halogens is 1. The van der Waals surface area contributed by atoms with Crippen LogP contribution in [-0.4, -0.2) is 31.0 Å². The van der Waals surface area contributed by atoms with Crippen molar-refractivity contribution in [1.29, 1.82) is 0 Å². The van der Waals surface area contributed by atoms with Gasteiger partial charge in [-0.05, 0) is 24.6 Å². The third-order valence-corrected chi connectivity index (χ3v) is 5.14. The molecule has 1 aromatic rings. The minimum Gasteiger partial charge on any atom is -0.389 e. The molecule has 0 radical (unpaired) electrons. The van der Waals surface area contributed by atoms with E-state index in [4.69, 9.17) is 29.6 Å². The lowest BCUT2D eigenvalue weighted by Gasteiger charge is -2.13. The maximum atomic E-state index is 11.3. The van der Waals surface area contributed by atoms with Gasteiger partial charge in [0.15, 0.2) is 9.84 Å². The van der Waals surface area contributed by atoms with Crippen molar-refractivity contribution in [2.24, 2.45) is 5.73 Å². The number of anilines is 1. The summed E-state index contributed by atoms with van der Waals surface area (Å²) in [5.74, 6) is 0.408. The molecule has 1 saturated heterocycles. The fraction of sp³-hybridized carbons (Fsp3) is 0.364. The maximum absolute atomic E-state index is 11.3. The highest BCUT2D eigenvalue weighted by molar-refractivity contribution is 7.91. The molecule has 0 bridgehead atoms. The first-order chi connectivity index (χ1) is 8.37. The lowest BCUT2D eigenvalue weighted by Crippen LogP contribution is -2.20. The molecule has 1 atom stereocenters. The van der Waals surface area contributed by atoms with E-state index in [0.717, 1.165) is 5.69 Å². The first-order valence-electron chi connectivity index (χ1n) is 5.44. The van der Waals surface area contributed by atoms with E-state index < -0.39 is 9.84 Å². The molecule has 3 N–H and O–H groups in total. The third-order valence-electron chi connectivity index (χ3n) is 2.84. The Bertz CT molecular complexity index is 587. The zero-order valence-electron chi connectivity index (χ0n) is 9.52. The zero-order chi connectivity index (χ0) is 13.3. The summed E-state index contributed by atoms with van der Waals surface area (Å²) in [6, 6.07) is 5.18. The van der Waals surface area contributed by atoms with E-state index in [1.54, 1.807) is 18.2 Å². The molecule has 1 aliphatic heterocycles. The Balaban J connectivity index is 2.12. The minimum absolute atomic E-state index is 0.0539. The van der Waals surface area contributed by atoms with Crippen LogP contribution in [0, 0.1) is 0 Å². The van der Waals surface area contributed by atoms with Gasteiger partial charge in [0.1, 0.15) is 4.99 Å². The van der Waals surface area contributed by atoms with Gasteiger partial charge in [0, 0.05) is 17.3 Å². The van der Waals surface area contributed by atoms with Crippen molar-refractivity contribution in [2.45, 2.75) is 12.5 Å². The van der Waals surface area contributed by atoms with Gasteiger partial charge in [0.05, 0.1) is 16.5 Å². The van der Waals surface area contributed by atoms with E-state index >= 15 is 0 Å². The standard InChI is InChI=1S/C11H13ClN2O2S2/c12-10-5-7(1-2-9(10)11(13)17)14-8-3-4-18(15,16)6-8/h1-2,5,8,14H,3-4,6H2,(H2,13,17). The first-order valence-corrected chi connectivity index (χ1v) is 8.04. The van der Waals surface area contributed by atoms with Crippen LogP contribution in [0.2, 0.25) is 5.02 Å². The monoisotopic (exact) mass is 304 g/mol. The Morgan fingerprint density at radius 2 is 2.22 bits per heavy atom. The van der Waals surface area contributed by atoms with Crippen LogP contribution in [0.25, 0.3) is 0 Å². The second-order valence-electron chi connectivity index (χ2n) is 4.30. The van der Waals surface area contributed by atoms with Crippen molar-refractivity contribution in [3.8, 4) is 0 Å². The minimum atomic E-state index is -2.88. The van der Waals surface area contributed by atoms with Crippen LogP contribution in [0.4, 0.5) is 5.69 Å². The summed E-state index contributed by atoms with van der Waals surface area (Å²) in [5, 5.41) is 3.62. The van der Waals surface area contributed by atoms with E-state index in [1.807, 2.05) is 0 Å². The van der Waals surface area contributed by atoms with Crippen molar-refractivity contribution in [3.05, 3.63) is 28.8 Å². The van der Waals surface area contributed by atoms with Gasteiger partial charge in [0.2, 0.25) is 0 Å². The molecule has 98 valence electrons. The molecule has 0 aromatic heterocycles. The van der Waals surface area contributed by atoms with Gasteiger partial charge >= 0.3 is 0 Å². The number of hydrogen-bond acceptors (Lipinski definition) is 4. The Hall–Kier alpha value is -0.850. The molecule has 1 fully saturated rings. The van der Waals surface area contributed by atoms with Crippen LogP contribution in [-0.2, 0) is 9.84 Å². The van der Waals surface area contributed by atoms with Crippen molar-refractivity contribution in [3.63, 3.8) is 0 Å². The Kier molecular flexibility index (Phi) is 3.79. The van der Waals surface area contributed by atoms with Crippen LogP contribution < -0.4 is 11.1 Å². The quantitative estimate of drug-likeness (QED) is 0.830. The molecular formula is C11H13ClN2O2S2. The van der Waals surface area contributed by atoms with Gasteiger partial charge in [-0.1, -0.05) is 23.8 Å². The maximum Gasteiger partial charge on any atom is 0.152 e. The zero-order valence-corrected chi connectivity index (χ0v) is 11.9. The average molecular weight is 305 g/mol. The van der Waals surface area contributed by atoms with Gasteiger partial charge in [-0.25, -0.2) is 8.42 Å². The van der Waals surface area contributed by atoms with Gasteiger partial charge in [-0.15, -0.1) is 0 Å². The molecule has 1 aromatic carbocycles. The Morgan fingerprint density at radius 3 is 2.72 bits per heavy atom. The lowest BCUT2D eigenvalue weighted by atomic mass is 10.2. The normalized spacial score (nSPS) is 21.7. The fourth-order valence-electron chi connectivity index (χ4n) is 1.95. The molecule has 1 unspecified atom stereocenters. The summed E-state index contributed by atoms with van der Waals surface area (Å²) >= 11 is 10.9. The fourth-order valence-corrected chi connectivity index (χ4v) is 4.14. The largest absolute Gasteiger partial charge is 0.389 e. The summed E-state index contributed by atoms with van der Waals surface area (Å²) in [6.45, 7) is 0. The van der Waals surface area contributed by atoms with E-state index in [2.05, 4.69) is 5.32 Å². The predicted octanol–water partition coefficient (Wildman–Crippen LogP) is 1.57. The lowest BCUT2D eigenvalue weighted by molar-refractivity contribution is 0.602. The molecule has 4 nitrogen and oxygen atoms in total. The van der Waals surface area contributed by atoms with Crippen LogP contribution >= 0.6 is 23.8 Å². The van der Waals surface area contributed by atoms with Crippen molar-refractivity contribution in [2.75, 3.05) is 16.8 Å². The highest BCUT2D eigenvalue weighted by atomic mass is 35.5. The molecule has 1 heterocycles. The molecular weight excluding hydrogens is 292 g/mol. The van der Waals surface area contributed by atoms with E-state index in [-0.39, 0.29) is 22.5 Å². The van der Waals surface area contributed by atoms with Gasteiger partial charge in [-0.2, -0.15) is 0 Å². The number of thiocarbonyl (C=S) groups is 1. The van der Waals surface area contributed by atoms with Crippen molar-refractivity contribution in [1.82, 2.24) is 0 Å². The molecule has 7 heteroatoms. The summed E-state index contributed by atoms with van der Waals surface area (Å²) in [7, 11) is -2.88. The highest BCUT2D eigenvalue weighted by Gasteiger charge is 2.27. The molecule has 0 amide bonds. The Morgan fingerprint density at radius 1 is 1.50 bits per heavy atom. The number of nitrogens with one attached hydrogen (secondary N) is 1. The van der Waals surface area contributed by atoms with E-state index in [0.29, 0.717) is 17.0 Å². The van der Waals surface area contributed by atoms with Gasteiger partial charge < -0.3 is 11.1 Å². The van der Waals surface area contributed by atoms with Crippen LogP contribution in [0.3, 0.4) is 0 Å². The summed E-state index contributed by atoms with van der Waals surface area (Å²) < 4.78 is 22.7. The van der Waals surface area contributed by atoms with E-state index in [1.165, 1.54) is 0 Å². The van der Waals surface area contributed by atoms with Gasteiger partial charge in [-0.3, -0.25) is 0 Å². The van der Waals surface area contributed by atoms with Crippen molar-refractivity contribution >= 4 is 44.3 Å². The van der Waals surface area contributed by atoms with Crippen LogP contribution in [0.5, 0.6) is 0 Å². The molecule has 1 aliphatic rings. The number of sulfone groups is 1. The molecule has 0 spiro atoms. The number of rotatable bonds is 3. The number of hydrogen-bond donors (Lipinski definition) is 2. The second kappa shape index (κ2) is 5.03. The first kappa shape index (κ1) is 13.6. The van der Waals surface area contributed by atoms with Gasteiger partial charge in [0.25, 0.3) is 0 Å². The Labute approximate surface area is 116 Å². The molecule has 18 heavy (non-hydrogen) atoms. The summed E-state index contributed by atoms with van der Waals surface area (Å²) in [5.41, 5.74) is 6.91. The smallest absolute Gasteiger partial charge is 0.152 e. The van der Waals surface area contributed by atoms with Crippen molar-refractivity contribution < 1.29 is 8.42 Å². The summed E-state index contributed by atoms with van der Waals surface area (Å²) in [4.78, 5) is 0.245. The van der Waals surface area contributed by atoms with Crippen LogP contribution in [0.15, 0.2) is 18.2 Å². The van der Waals surface area contributed by atoms with Crippen LogP contribution in [0.1, 0.15) is 12.0 Å². The topological polar surface area (TPSA) is 72.2 Å². The summed E-state index contributed by atoms with van der Waals surface area (Å²) in [6.07, 6.45) is 0.622. The van der Waals surface area contributed by atoms with E-state index in [9.17, 15) is 8.42 Å².